The van der Waals surface area contributed by atoms with Gasteiger partial charge in [-0.15, -0.1) is 0 Å². The summed E-state index contributed by atoms with van der Waals surface area (Å²) in [5, 5.41) is 4.83. The van der Waals surface area contributed by atoms with E-state index in [0.717, 1.165) is 25.8 Å². The van der Waals surface area contributed by atoms with E-state index in [1.807, 2.05) is 0 Å². The molecule has 1 aromatic rings. The highest BCUT2D eigenvalue weighted by atomic mass is 15.3. The highest BCUT2D eigenvalue weighted by molar-refractivity contribution is 5.30. The fourth-order valence-electron chi connectivity index (χ4n) is 2.86. The molecule has 1 heterocycles. The van der Waals surface area contributed by atoms with Crippen molar-refractivity contribution in [1.82, 2.24) is 9.78 Å². The lowest BCUT2D eigenvalue weighted by Crippen LogP contribution is -2.15. The maximum atomic E-state index is 6.30. The molecule has 0 aliphatic heterocycles. The standard InChI is InChI=1S/C16H31N3/c1-6-10-12(5)11-19-15(9-4)16(13(17)7-2)14(8-3)18-19/h12-13H,6-11,17H2,1-5H3. The summed E-state index contributed by atoms with van der Waals surface area (Å²) in [6.07, 6.45) is 5.49. The minimum Gasteiger partial charge on any atom is -0.324 e. The van der Waals surface area contributed by atoms with Gasteiger partial charge in [-0.1, -0.05) is 41.0 Å². The van der Waals surface area contributed by atoms with Gasteiger partial charge in [-0.25, -0.2) is 0 Å². The number of nitrogens with zero attached hydrogens (tertiary/aromatic N) is 2. The Kier molecular flexibility index (Phi) is 6.56. The van der Waals surface area contributed by atoms with Gasteiger partial charge in [-0.3, -0.25) is 4.68 Å². The van der Waals surface area contributed by atoms with Crippen molar-refractivity contribution in [3.63, 3.8) is 0 Å². The first-order chi connectivity index (χ1) is 9.08. The second-order valence-electron chi connectivity index (χ2n) is 5.60. The van der Waals surface area contributed by atoms with Crippen LogP contribution in [0.4, 0.5) is 0 Å². The van der Waals surface area contributed by atoms with Crippen molar-refractivity contribution in [2.45, 2.75) is 79.3 Å². The van der Waals surface area contributed by atoms with Crippen molar-refractivity contribution in [2.75, 3.05) is 0 Å². The predicted molar refractivity (Wildman–Crippen MR) is 82.3 cm³/mol. The van der Waals surface area contributed by atoms with Crippen molar-refractivity contribution >= 4 is 0 Å². The van der Waals surface area contributed by atoms with Crippen molar-refractivity contribution < 1.29 is 0 Å². The molecule has 0 saturated carbocycles. The van der Waals surface area contributed by atoms with Gasteiger partial charge < -0.3 is 5.73 Å². The molecule has 1 rings (SSSR count). The van der Waals surface area contributed by atoms with E-state index in [9.17, 15) is 0 Å². The molecule has 0 aromatic carbocycles. The summed E-state index contributed by atoms with van der Waals surface area (Å²) in [5.41, 5.74) is 10.2. The van der Waals surface area contributed by atoms with Crippen LogP contribution >= 0.6 is 0 Å². The zero-order chi connectivity index (χ0) is 14.4. The van der Waals surface area contributed by atoms with Crippen LogP contribution in [0, 0.1) is 5.92 Å². The Morgan fingerprint density at radius 2 is 1.84 bits per heavy atom. The van der Waals surface area contributed by atoms with Crippen molar-refractivity contribution in [2.24, 2.45) is 11.7 Å². The topological polar surface area (TPSA) is 43.8 Å². The summed E-state index contributed by atoms with van der Waals surface area (Å²) in [6.45, 7) is 12.1. The third kappa shape index (κ3) is 3.82. The second kappa shape index (κ2) is 7.68. The highest BCUT2D eigenvalue weighted by Gasteiger charge is 2.20. The van der Waals surface area contributed by atoms with Crippen LogP contribution in [0.3, 0.4) is 0 Å². The third-order valence-electron chi connectivity index (χ3n) is 3.92. The summed E-state index contributed by atoms with van der Waals surface area (Å²) >= 11 is 0. The number of nitrogens with two attached hydrogens (primary N) is 1. The van der Waals surface area contributed by atoms with E-state index in [1.54, 1.807) is 0 Å². The molecule has 3 nitrogen and oxygen atoms in total. The van der Waals surface area contributed by atoms with Crippen LogP contribution in [0.2, 0.25) is 0 Å². The summed E-state index contributed by atoms with van der Waals surface area (Å²) in [5.74, 6) is 0.686. The monoisotopic (exact) mass is 265 g/mol. The predicted octanol–water partition coefficient (Wildman–Crippen LogP) is 3.85. The van der Waals surface area contributed by atoms with Gasteiger partial charge in [0, 0.05) is 23.8 Å². The molecule has 110 valence electrons. The number of hydrogen-bond donors (Lipinski definition) is 1. The summed E-state index contributed by atoms with van der Waals surface area (Å²) in [6, 6.07) is 0.139. The molecule has 0 bridgehead atoms. The summed E-state index contributed by atoms with van der Waals surface area (Å²) in [4.78, 5) is 0. The van der Waals surface area contributed by atoms with Crippen LogP contribution in [-0.4, -0.2) is 9.78 Å². The molecule has 19 heavy (non-hydrogen) atoms. The average Bonchev–Trinajstić information content (AvgIpc) is 2.75. The number of rotatable bonds is 8. The first-order valence-electron chi connectivity index (χ1n) is 7.92. The van der Waals surface area contributed by atoms with Gasteiger partial charge in [0.05, 0.1) is 5.69 Å². The molecule has 0 spiro atoms. The molecule has 2 atom stereocenters. The van der Waals surface area contributed by atoms with Crippen molar-refractivity contribution in [3.8, 4) is 0 Å². The molecule has 2 unspecified atom stereocenters. The Morgan fingerprint density at radius 1 is 1.16 bits per heavy atom. The van der Waals surface area contributed by atoms with Crippen molar-refractivity contribution in [3.05, 3.63) is 17.0 Å². The molecule has 0 radical (unpaired) electrons. The van der Waals surface area contributed by atoms with Gasteiger partial charge in [0.1, 0.15) is 0 Å². The van der Waals surface area contributed by atoms with E-state index in [4.69, 9.17) is 10.8 Å². The maximum absolute atomic E-state index is 6.30. The first kappa shape index (κ1) is 16.2. The zero-order valence-electron chi connectivity index (χ0n) is 13.4. The van der Waals surface area contributed by atoms with Crippen LogP contribution in [-0.2, 0) is 19.4 Å². The molecule has 0 aliphatic rings. The molecule has 1 aromatic heterocycles. The lowest BCUT2D eigenvalue weighted by atomic mass is 9.99. The fraction of sp³-hybridized carbons (Fsp3) is 0.812. The third-order valence-corrected chi connectivity index (χ3v) is 3.92. The Morgan fingerprint density at radius 3 is 2.32 bits per heavy atom. The quantitative estimate of drug-likeness (QED) is 0.775. The van der Waals surface area contributed by atoms with Gasteiger partial charge in [0.15, 0.2) is 0 Å². The van der Waals surface area contributed by atoms with Gasteiger partial charge >= 0.3 is 0 Å². The molecule has 0 fully saturated rings. The number of aryl methyl sites for hydroxylation is 1. The molecule has 0 saturated heterocycles. The maximum Gasteiger partial charge on any atom is 0.0672 e. The largest absolute Gasteiger partial charge is 0.324 e. The van der Waals surface area contributed by atoms with E-state index < -0.39 is 0 Å². The summed E-state index contributed by atoms with van der Waals surface area (Å²) in [7, 11) is 0. The Balaban J connectivity index is 3.08. The van der Waals surface area contributed by atoms with Gasteiger partial charge in [-0.05, 0) is 31.6 Å². The van der Waals surface area contributed by atoms with Crippen LogP contribution in [0.15, 0.2) is 0 Å². The Labute approximate surface area is 118 Å². The molecule has 0 aliphatic carbocycles. The number of aromatic nitrogens is 2. The van der Waals surface area contributed by atoms with E-state index in [1.165, 1.54) is 29.8 Å². The van der Waals surface area contributed by atoms with Crippen LogP contribution in [0.1, 0.15) is 76.9 Å². The van der Waals surface area contributed by atoms with E-state index in [-0.39, 0.29) is 6.04 Å². The van der Waals surface area contributed by atoms with Crippen LogP contribution < -0.4 is 5.73 Å². The van der Waals surface area contributed by atoms with Crippen LogP contribution in [0.5, 0.6) is 0 Å². The molecular formula is C16H31N3. The first-order valence-corrected chi connectivity index (χ1v) is 7.92. The number of hydrogen-bond acceptors (Lipinski definition) is 2. The van der Waals surface area contributed by atoms with E-state index in [0.29, 0.717) is 5.92 Å². The van der Waals surface area contributed by atoms with Crippen molar-refractivity contribution in [1.29, 1.82) is 0 Å². The lowest BCUT2D eigenvalue weighted by molar-refractivity contribution is 0.410. The Hall–Kier alpha value is -0.830. The molecule has 3 heteroatoms. The molecular weight excluding hydrogens is 234 g/mol. The summed E-state index contributed by atoms with van der Waals surface area (Å²) < 4.78 is 2.23. The Bertz CT molecular complexity index is 382. The zero-order valence-corrected chi connectivity index (χ0v) is 13.4. The average molecular weight is 265 g/mol. The second-order valence-corrected chi connectivity index (χ2v) is 5.60. The SMILES string of the molecule is CCCC(C)Cn1nc(CC)c(C(N)CC)c1CC. The minimum atomic E-state index is 0.139. The highest BCUT2D eigenvalue weighted by Crippen LogP contribution is 2.25. The fourth-order valence-corrected chi connectivity index (χ4v) is 2.86. The van der Waals surface area contributed by atoms with Gasteiger partial charge in [0.2, 0.25) is 0 Å². The van der Waals surface area contributed by atoms with Gasteiger partial charge in [-0.2, -0.15) is 5.10 Å². The molecule has 2 N–H and O–H groups in total. The normalized spacial score (nSPS) is 14.6. The van der Waals surface area contributed by atoms with E-state index in [2.05, 4.69) is 39.3 Å². The van der Waals surface area contributed by atoms with Gasteiger partial charge in [0.25, 0.3) is 0 Å². The molecule has 0 amide bonds. The van der Waals surface area contributed by atoms with Crippen LogP contribution in [0.25, 0.3) is 0 Å². The minimum absolute atomic E-state index is 0.139. The lowest BCUT2D eigenvalue weighted by Gasteiger charge is -2.15. The smallest absolute Gasteiger partial charge is 0.0672 e. The van der Waals surface area contributed by atoms with E-state index >= 15 is 0 Å².